The van der Waals surface area contributed by atoms with Crippen molar-refractivity contribution in [3.63, 3.8) is 0 Å². The van der Waals surface area contributed by atoms with E-state index in [1.165, 1.54) is 0 Å². The number of rotatable bonds is 7. The van der Waals surface area contributed by atoms with Gasteiger partial charge in [-0.3, -0.25) is 4.79 Å². The van der Waals surface area contributed by atoms with Gasteiger partial charge in [0, 0.05) is 13.0 Å². The summed E-state index contributed by atoms with van der Waals surface area (Å²) in [5.74, 6) is 0.0801. The van der Waals surface area contributed by atoms with E-state index in [1.54, 1.807) is 30.6 Å². The number of phenols is 1. The Morgan fingerprint density at radius 1 is 1.16 bits per heavy atom. The Morgan fingerprint density at radius 2 is 1.92 bits per heavy atom. The number of aromatic nitrogens is 2. The van der Waals surface area contributed by atoms with Crippen LogP contribution < -0.4 is 5.32 Å². The van der Waals surface area contributed by atoms with Crippen LogP contribution in [0.15, 0.2) is 54.9 Å². The van der Waals surface area contributed by atoms with Crippen molar-refractivity contribution >= 4 is 16.9 Å². The average molecular weight is 339 g/mol. The second-order valence-corrected chi connectivity index (χ2v) is 5.99. The third-order valence-corrected chi connectivity index (χ3v) is 4.11. The van der Waals surface area contributed by atoms with E-state index in [9.17, 15) is 15.0 Å². The molecule has 2 aromatic carbocycles. The standard InChI is InChI=1S/C19H21N3O3/c23-12-15(11-14-5-7-16(24)8-6-14)21-19(25)9-10-22-13-20-17-3-1-2-4-18(17)22/h1-8,13,15,23-24H,9-12H2,(H,21,25)/t15-/m0/s1. The molecule has 1 aromatic heterocycles. The molecule has 0 saturated carbocycles. The Hall–Kier alpha value is -2.86. The van der Waals surface area contributed by atoms with Crippen LogP contribution >= 0.6 is 0 Å². The highest BCUT2D eigenvalue weighted by molar-refractivity contribution is 5.77. The molecule has 0 saturated heterocycles. The molecule has 3 N–H and O–H groups in total. The fourth-order valence-electron chi connectivity index (χ4n) is 2.79. The van der Waals surface area contributed by atoms with Crippen LogP contribution in [0.4, 0.5) is 0 Å². The lowest BCUT2D eigenvalue weighted by Crippen LogP contribution is -2.39. The minimum Gasteiger partial charge on any atom is -0.508 e. The number of hydrogen-bond acceptors (Lipinski definition) is 4. The van der Waals surface area contributed by atoms with E-state index in [-0.39, 0.29) is 24.3 Å². The zero-order valence-corrected chi connectivity index (χ0v) is 13.8. The number of benzene rings is 2. The molecular formula is C19H21N3O3. The molecule has 25 heavy (non-hydrogen) atoms. The van der Waals surface area contributed by atoms with Crippen molar-refractivity contribution in [2.45, 2.75) is 25.4 Å². The fraction of sp³-hybridized carbons (Fsp3) is 0.263. The predicted octanol–water partition coefficient (Wildman–Crippen LogP) is 1.85. The number of carbonyl (C=O) groups is 1. The summed E-state index contributed by atoms with van der Waals surface area (Å²) in [5.41, 5.74) is 2.85. The number of amides is 1. The molecule has 1 amide bonds. The SMILES string of the molecule is O=C(CCn1cnc2ccccc21)N[C@H](CO)Cc1ccc(O)cc1. The van der Waals surface area contributed by atoms with E-state index in [0.29, 0.717) is 19.4 Å². The molecule has 0 radical (unpaired) electrons. The maximum absolute atomic E-state index is 12.2. The minimum absolute atomic E-state index is 0.115. The number of phenolic OH excluding ortho intramolecular Hbond substituents is 1. The summed E-state index contributed by atoms with van der Waals surface area (Å²) < 4.78 is 1.95. The zero-order chi connectivity index (χ0) is 17.6. The van der Waals surface area contributed by atoms with E-state index in [1.807, 2.05) is 28.8 Å². The lowest BCUT2D eigenvalue weighted by Gasteiger charge is -2.16. The van der Waals surface area contributed by atoms with Gasteiger partial charge in [-0.1, -0.05) is 24.3 Å². The normalized spacial score (nSPS) is 12.2. The average Bonchev–Trinajstić information content (AvgIpc) is 3.04. The van der Waals surface area contributed by atoms with Crippen molar-refractivity contribution in [3.8, 4) is 5.75 Å². The molecule has 0 aliphatic heterocycles. The first-order valence-corrected chi connectivity index (χ1v) is 8.23. The Labute approximate surface area is 145 Å². The topological polar surface area (TPSA) is 87.4 Å². The second kappa shape index (κ2) is 7.81. The second-order valence-electron chi connectivity index (χ2n) is 5.99. The molecule has 0 aliphatic carbocycles. The molecule has 6 heteroatoms. The molecule has 6 nitrogen and oxygen atoms in total. The maximum Gasteiger partial charge on any atom is 0.222 e. The predicted molar refractivity (Wildman–Crippen MR) is 95.2 cm³/mol. The first kappa shape index (κ1) is 17.0. The minimum atomic E-state index is -0.350. The number of nitrogens with one attached hydrogen (secondary N) is 1. The largest absolute Gasteiger partial charge is 0.508 e. The highest BCUT2D eigenvalue weighted by atomic mass is 16.3. The number of carbonyl (C=O) groups excluding carboxylic acids is 1. The summed E-state index contributed by atoms with van der Waals surface area (Å²) in [5, 5.41) is 21.7. The van der Waals surface area contributed by atoms with E-state index in [4.69, 9.17) is 0 Å². The molecule has 0 bridgehead atoms. The van der Waals surface area contributed by atoms with Crippen LogP contribution in [0.2, 0.25) is 0 Å². The molecule has 1 heterocycles. The molecule has 1 atom stereocenters. The van der Waals surface area contributed by atoms with Gasteiger partial charge >= 0.3 is 0 Å². The van der Waals surface area contributed by atoms with E-state index >= 15 is 0 Å². The Balaban J connectivity index is 1.54. The monoisotopic (exact) mass is 339 g/mol. The first-order chi connectivity index (χ1) is 12.2. The van der Waals surface area contributed by atoms with Gasteiger partial charge in [-0.25, -0.2) is 4.98 Å². The number of fused-ring (bicyclic) bond motifs is 1. The quantitative estimate of drug-likeness (QED) is 0.613. The number of aryl methyl sites for hydroxylation is 1. The summed E-state index contributed by atoms with van der Waals surface area (Å²) in [6.07, 6.45) is 2.56. The molecule has 0 spiro atoms. The van der Waals surface area contributed by atoms with Gasteiger partial charge in [0.15, 0.2) is 0 Å². The van der Waals surface area contributed by atoms with Crippen molar-refractivity contribution in [1.29, 1.82) is 0 Å². The van der Waals surface area contributed by atoms with Crippen molar-refractivity contribution in [3.05, 3.63) is 60.4 Å². The molecular weight excluding hydrogens is 318 g/mol. The van der Waals surface area contributed by atoms with Gasteiger partial charge in [0.05, 0.1) is 30.0 Å². The van der Waals surface area contributed by atoms with Crippen LogP contribution in [-0.2, 0) is 17.8 Å². The van der Waals surface area contributed by atoms with Crippen molar-refractivity contribution in [1.82, 2.24) is 14.9 Å². The summed E-state index contributed by atoms with van der Waals surface area (Å²) in [4.78, 5) is 16.5. The summed E-state index contributed by atoms with van der Waals surface area (Å²) in [6, 6.07) is 14.2. The number of para-hydroxylation sites is 2. The molecule has 0 fully saturated rings. The number of aliphatic hydroxyl groups excluding tert-OH is 1. The summed E-state index contributed by atoms with van der Waals surface area (Å²) in [6.45, 7) is 0.393. The van der Waals surface area contributed by atoms with Crippen LogP contribution in [0.3, 0.4) is 0 Å². The third-order valence-electron chi connectivity index (χ3n) is 4.11. The highest BCUT2D eigenvalue weighted by Gasteiger charge is 2.13. The van der Waals surface area contributed by atoms with Crippen LogP contribution in [0, 0.1) is 0 Å². The van der Waals surface area contributed by atoms with E-state index in [2.05, 4.69) is 10.3 Å². The van der Waals surface area contributed by atoms with Gasteiger partial charge in [0.2, 0.25) is 5.91 Å². The maximum atomic E-state index is 12.2. The highest BCUT2D eigenvalue weighted by Crippen LogP contribution is 2.13. The summed E-state index contributed by atoms with van der Waals surface area (Å²) in [7, 11) is 0. The number of nitrogens with zero attached hydrogens (tertiary/aromatic N) is 2. The van der Waals surface area contributed by atoms with Crippen LogP contribution in [0.5, 0.6) is 5.75 Å². The smallest absolute Gasteiger partial charge is 0.222 e. The van der Waals surface area contributed by atoms with Crippen LogP contribution in [0.1, 0.15) is 12.0 Å². The number of hydrogen-bond donors (Lipinski definition) is 3. The first-order valence-electron chi connectivity index (χ1n) is 8.23. The molecule has 0 aliphatic rings. The Morgan fingerprint density at radius 3 is 2.68 bits per heavy atom. The van der Waals surface area contributed by atoms with Crippen LogP contribution in [0.25, 0.3) is 11.0 Å². The number of aliphatic hydroxyl groups is 1. The van der Waals surface area contributed by atoms with Crippen molar-refractivity contribution in [2.75, 3.05) is 6.61 Å². The lowest BCUT2D eigenvalue weighted by molar-refractivity contribution is -0.122. The Bertz CT molecular complexity index is 843. The molecule has 3 aromatic rings. The van der Waals surface area contributed by atoms with Crippen molar-refractivity contribution in [2.24, 2.45) is 0 Å². The van der Waals surface area contributed by atoms with Crippen molar-refractivity contribution < 1.29 is 15.0 Å². The zero-order valence-electron chi connectivity index (χ0n) is 13.8. The van der Waals surface area contributed by atoms with Gasteiger partial charge in [-0.15, -0.1) is 0 Å². The van der Waals surface area contributed by atoms with Gasteiger partial charge < -0.3 is 20.1 Å². The summed E-state index contributed by atoms with van der Waals surface area (Å²) >= 11 is 0. The van der Waals surface area contributed by atoms with E-state index in [0.717, 1.165) is 16.6 Å². The fourth-order valence-corrected chi connectivity index (χ4v) is 2.79. The molecule has 130 valence electrons. The number of aromatic hydroxyl groups is 1. The number of imidazole rings is 1. The van der Waals surface area contributed by atoms with Gasteiger partial charge in [0.25, 0.3) is 0 Å². The van der Waals surface area contributed by atoms with Gasteiger partial charge in [-0.2, -0.15) is 0 Å². The molecule has 0 unspecified atom stereocenters. The molecule has 3 rings (SSSR count). The van der Waals surface area contributed by atoms with Gasteiger partial charge in [0.1, 0.15) is 5.75 Å². The Kier molecular flexibility index (Phi) is 5.30. The van der Waals surface area contributed by atoms with E-state index < -0.39 is 0 Å². The van der Waals surface area contributed by atoms with Crippen LogP contribution in [-0.4, -0.2) is 38.3 Å². The third kappa shape index (κ3) is 4.36. The lowest BCUT2D eigenvalue weighted by atomic mass is 10.1. The van der Waals surface area contributed by atoms with Gasteiger partial charge in [-0.05, 0) is 36.2 Å².